The largest absolute Gasteiger partial charge is 0.351 e. The Labute approximate surface area is 115 Å². The molecule has 98 valence electrons. The number of hydrogen-bond acceptors (Lipinski definition) is 3. The molecule has 0 atom stereocenters. The zero-order chi connectivity index (χ0) is 13.5. The first-order valence-corrected chi connectivity index (χ1v) is 6.76. The van der Waals surface area contributed by atoms with Gasteiger partial charge in [0.15, 0.2) is 0 Å². The minimum absolute atomic E-state index is 0.0499. The van der Waals surface area contributed by atoms with E-state index in [1.807, 2.05) is 12.1 Å². The van der Waals surface area contributed by atoms with Crippen LogP contribution >= 0.6 is 11.8 Å². The first-order chi connectivity index (χ1) is 9.24. The highest BCUT2D eigenvalue weighted by Gasteiger charge is 2.02. The fourth-order valence-corrected chi connectivity index (χ4v) is 2.15. The van der Waals surface area contributed by atoms with Gasteiger partial charge >= 0.3 is 0 Å². The number of benzene rings is 1. The maximum absolute atomic E-state index is 12.7. The van der Waals surface area contributed by atoms with E-state index in [0.717, 1.165) is 10.5 Å². The van der Waals surface area contributed by atoms with E-state index >= 15 is 0 Å². The lowest BCUT2D eigenvalue weighted by molar-refractivity contribution is -0.118. The number of nitrogens with zero attached hydrogens (tertiary/aromatic N) is 1. The molecule has 0 unspecified atom stereocenters. The summed E-state index contributed by atoms with van der Waals surface area (Å²) in [7, 11) is 0. The quantitative estimate of drug-likeness (QED) is 0.854. The molecule has 0 bridgehead atoms. The molecule has 1 amide bonds. The average Bonchev–Trinajstić information content (AvgIpc) is 2.45. The van der Waals surface area contributed by atoms with E-state index in [2.05, 4.69) is 10.3 Å². The molecule has 19 heavy (non-hydrogen) atoms. The molecule has 5 heteroatoms. The van der Waals surface area contributed by atoms with Crippen molar-refractivity contribution in [2.45, 2.75) is 11.4 Å². The molecular formula is C14H13FN2OS. The molecule has 1 N–H and O–H groups in total. The van der Waals surface area contributed by atoms with Gasteiger partial charge in [0.05, 0.1) is 5.75 Å². The fraction of sp³-hybridized carbons (Fsp3) is 0.143. The number of carbonyl (C=O) groups is 1. The third-order valence-corrected chi connectivity index (χ3v) is 3.43. The number of hydrogen-bond donors (Lipinski definition) is 1. The number of halogens is 1. The van der Waals surface area contributed by atoms with Crippen molar-refractivity contribution in [1.29, 1.82) is 0 Å². The second-order valence-electron chi connectivity index (χ2n) is 3.87. The summed E-state index contributed by atoms with van der Waals surface area (Å²) < 4.78 is 12.7. The molecule has 0 fully saturated rings. The molecule has 1 aromatic heterocycles. The number of rotatable bonds is 5. The number of aromatic nitrogens is 1. The minimum Gasteiger partial charge on any atom is -0.351 e. The van der Waals surface area contributed by atoms with Crippen LogP contribution in [0, 0.1) is 5.82 Å². The van der Waals surface area contributed by atoms with Crippen molar-refractivity contribution in [3.8, 4) is 0 Å². The number of thioether (sulfide) groups is 1. The Hall–Kier alpha value is -1.88. The SMILES string of the molecule is O=C(CSc1ccncc1)NCc1ccc(F)cc1. The van der Waals surface area contributed by atoms with Gasteiger partial charge in [0.1, 0.15) is 5.82 Å². The van der Waals surface area contributed by atoms with Gasteiger partial charge in [-0.2, -0.15) is 0 Å². The van der Waals surface area contributed by atoms with E-state index in [0.29, 0.717) is 12.3 Å². The van der Waals surface area contributed by atoms with Crippen LogP contribution < -0.4 is 5.32 Å². The van der Waals surface area contributed by atoms with Crippen molar-refractivity contribution in [1.82, 2.24) is 10.3 Å². The Kier molecular flexibility index (Phi) is 4.92. The minimum atomic E-state index is -0.275. The summed E-state index contributed by atoms with van der Waals surface area (Å²) in [6.45, 7) is 0.413. The highest BCUT2D eigenvalue weighted by atomic mass is 32.2. The Bertz CT molecular complexity index is 531. The molecule has 0 aliphatic rings. The zero-order valence-corrected chi connectivity index (χ0v) is 11.0. The molecule has 0 radical (unpaired) electrons. The molecule has 0 spiro atoms. The van der Waals surface area contributed by atoms with E-state index in [1.165, 1.54) is 23.9 Å². The summed E-state index contributed by atoms with van der Waals surface area (Å²) in [6, 6.07) is 9.80. The van der Waals surface area contributed by atoms with E-state index in [-0.39, 0.29) is 11.7 Å². The van der Waals surface area contributed by atoms with Crippen LogP contribution in [0.3, 0.4) is 0 Å². The van der Waals surface area contributed by atoms with Gasteiger partial charge < -0.3 is 5.32 Å². The second-order valence-corrected chi connectivity index (χ2v) is 4.92. The van der Waals surface area contributed by atoms with Gasteiger partial charge in [-0.1, -0.05) is 12.1 Å². The highest BCUT2D eigenvalue weighted by molar-refractivity contribution is 8.00. The molecule has 0 aliphatic carbocycles. The standard InChI is InChI=1S/C14H13FN2OS/c15-12-3-1-11(2-4-12)9-17-14(18)10-19-13-5-7-16-8-6-13/h1-8H,9-10H2,(H,17,18). The third kappa shape index (κ3) is 4.71. The number of pyridine rings is 1. The van der Waals surface area contributed by atoms with Gasteiger partial charge in [-0.05, 0) is 29.8 Å². The molecule has 3 nitrogen and oxygen atoms in total. The third-order valence-electron chi connectivity index (χ3n) is 2.42. The van der Waals surface area contributed by atoms with Gasteiger partial charge in [0.2, 0.25) is 5.91 Å². The smallest absolute Gasteiger partial charge is 0.230 e. The van der Waals surface area contributed by atoms with E-state index < -0.39 is 0 Å². The van der Waals surface area contributed by atoms with Gasteiger partial charge in [-0.3, -0.25) is 9.78 Å². The van der Waals surface area contributed by atoms with E-state index in [1.54, 1.807) is 24.5 Å². The summed E-state index contributed by atoms with van der Waals surface area (Å²) in [6.07, 6.45) is 3.39. The van der Waals surface area contributed by atoms with Crippen LogP contribution in [0.4, 0.5) is 4.39 Å². The topological polar surface area (TPSA) is 42.0 Å². The summed E-state index contributed by atoms with van der Waals surface area (Å²) in [5, 5.41) is 2.79. The van der Waals surface area contributed by atoms with Crippen LogP contribution in [-0.2, 0) is 11.3 Å². The lowest BCUT2D eigenvalue weighted by atomic mass is 10.2. The average molecular weight is 276 g/mol. The second kappa shape index (κ2) is 6.89. The predicted octanol–water partition coefficient (Wildman–Crippen LogP) is 2.63. The van der Waals surface area contributed by atoms with Crippen LogP contribution in [0.1, 0.15) is 5.56 Å². The first-order valence-electron chi connectivity index (χ1n) is 5.78. The molecule has 0 saturated carbocycles. The van der Waals surface area contributed by atoms with Crippen LogP contribution in [0.15, 0.2) is 53.7 Å². The van der Waals surface area contributed by atoms with E-state index in [9.17, 15) is 9.18 Å². The Balaban J connectivity index is 1.74. The lowest BCUT2D eigenvalue weighted by Gasteiger charge is -2.05. The monoisotopic (exact) mass is 276 g/mol. The molecule has 2 rings (SSSR count). The molecule has 1 heterocycles. The van der Waals surface area contributed by atoms with Crippen molar-refractivity contribution in [3.63, 3.8) is 0 Å². The summed E-state index contributed by atoms with van der Waals surface area (Å²) in [5.74, 6) is 0.0278. The van der Waals surface area contributed by atoms with Gasteiger partial charge in [-0.15, -0.1) is 11.8 Å². The highest BCUT2D eigenvalue weighted by Crippen LogP contribution is 2.15. The van der Waals surface area contributed by atoms with Crippen molar-refractivity contribution < 1.29 is 9.18 Å². The van der Waals surface area contributed by atoms with Crippen LogP contribution in [-0.4, -0.2) is 16.6 Å². The molecule has 1 aromatic carbocycles. The maximum atomic E-state index is 12.7. The lowest BCUT2D eigenvalue weighted by Crippen LogP contribution is -2.24. The van der Waals surface area contributed by atoms with Crippen LogP contribution in [0.5, 0.6) is 0 Å². The van der Waals surface area contributed by atoms with Gasteiger partial charge in [0, 0.05) is 23.8 Å². The number of nitrogens with one attached hydrogen (secondary N) is 1. The first kappa shape index (κ1) is 13.5. The van der Waals surface area contributed by atoms with Gasteiger partial charge in [-0.25, -0.2) is 4.39 Å². The molecular weight excluding hydrogens is 263 g/mol. The Morgan fingerprint density at radius 2 is 1.84 bits per heavy atom. The maximum Gasteiger partial charge on any atom is 0.230 e. The van der Waals surface area contributed by atoms with Crippen molar-refractivity contribution in [2.24, 2.45) is 0 Å². The fourth-order valence-electron chi connectivity index (χ4n) is 1.44. The van der Waals surface area contributed by atoms with Crippen LogP contribution in [0.25, 0.3) is 0 Å². The van der Waals surface area contributed by atoms with E-state index in [4.69, 9.17) is 0 Å². The summed E-state index contributed by atoms with van der Waals surface area (Å²) in [5.41, 5.74) is 0.878. The molecule has 2 aromatic rings. The normalized spacial score (nSPS) is 10.2. The predicted molar refractivity (Wildman–Crippen MR) is 73.2 cm³/mol. The van der Waals surface area contributed by atoms with Crippen molar-refractivity contribution in [3.05, 3.63) is 60.2 Å². The van der Waals surface area contributed by atoms with Crippen LogP contribution in [0.2, 0.25) is 0 Å². The van der Waals surface area contributed by atoms with Gasteiger partial charge in [0.25, 0.3) is 0 Å². The molecule has 0 saturated heterocycles. The Morgan fingerprint density at radius 1 is 1.16 bits per heavy atom. The summed E-state index contributed by atoms with van der Waals surface area (Å²) >= 11 is 1.45. The summed E-state index contributed by atoms with van der Waals surface area (Å²) in [4.78, 5) is 16.6. The molecule has 0 aliphatic heterocycles. The number of amides is 1. The van der Waals surface area contributed by atoms with Crippen molar-refractivity contribution >= 4 is 17.7 Å². The zero-order valence-electron chi connectivity index (χ0n) is 10.2. The van der Waals surface area contributed by atoms with Crippen molar-refractivity contribution in [2.75, 3.05) is 5.75 Å². The Morgan fingerprint density at radius 3 is 2.53 bits per heavy atom. The number of carbonyl (C=O) groups excluding carboxylic acids is 1.